The molecule has 0 bridgehead atoms. The molecule has 4 aromatic rings. The van der Waals surface area contributed by atoms with Crippen molar-refractivity contribution in [1.82, 2.24) is 0 Å². The number of methoxy groups -OCH3 is 1. The standard InChI is InChI=1S/C22H15F3O4S/c1-28-19-11-6-12-20(29-30(26,27)22(23,24)25)21(19)18-13-14-7-2-3-8-15(14)16-9-4-5-10-17(16)18/h2-13H,1H3. The average molecular weight is 432 g/mol. The molecule has 154 valence electrons. The molecule has 0 aliphatic heterocycles. The van der Waals surface area contributed by atoms with Crippen molar-refractivity contribution in [3.8, 4) is 22.6 Å². The van der Waals surface area contributed by atoms with E-state index in [0.29, 0.717) is 5.56 Å². The van der Waals surface area contributed by atoms with Crippen molar-refractivity contribution in [3.63, 3.8) is 0 Å². The number of hydrogen-bond acceptors (Lipinski definition) is 4. The van der Waals surface area contributed by atoms with Gasteiger partial charge in [0, 0.05) is 0 Å². The van der Waals surface area contributed by atoms with Crippen LogP contribution in [0.15, 0.2) is 72.8 Å². The summed E-state index contributed by atoms with van der Waals surface area (Å²) in [5.74, 6) is -0.280. The first-order valence-electron chi connectivity index (χ1n) is 8.81. The minimum atomic E-state index is -5.86. The van der Waals surface area contributed by atoms with Gasteiger partial charge in [-0.1, -0.05) is 54.6 Å². The van der Waals surface area contributed by atoms with Gasteiger partial charge in [0.2, 0.25) is 0 Å². The van der Waals surface area contributed by atoms with Gasteiger partial charge in [-0.05, 0) is 45.3 Å². The van der Waals surface area contributed by atoms with E-state index in [0.717, 1.165) is 21.5 Å². The van der Waals surface area contributed by atoms with Gasteiger partial charge >= 0.3 is 15.6 Å². The molecule has 0 saturated carbocycles. The third-order valence-corrected chi connectivity index (χ3v) is 5.69. The first-order valence-corrected chi connectivity index (χ1v) is 10.2. The van der Waals surface area contributed by atoms with E-state index in [2.05, 4.69) is 4.18 Å². The van der Waals surface area contributed by atoms with Gasteiger partial charge < -0.3 is 8.92 Å². The number of hydrogen-bond donors (Lipinski definition) is 0. The molecule has 8 heteroatoms. The highest BCUT2D eigenvalue weighted by Gasteiger charge is 2.49. The molecule has 4 rings (SSSR count). The van der Waals surface area contributed by atoms with Crippen molar-refractivity contribution in [2.24, 2.45) is 0 Å². The number of benzene rings is 4. The Hall–Kier alpha value is -3.26. The van der Waals surface area contributed by atoms with Gasteiger partial charge in [0.1, 0.15) is 5.75 Å². The third kappa shape index (κ3) is 3.33. The highest BCUT2D eigenvalue weighted by Crippen LogP contribution is 2.45. The molecule has 0 N–H and O–H groups in total. The molecule has 0 aromatic heterocycles. The van der Waals surface area contributed by atoms with Crippen molar-refractivity contribution < 1.29 is 30.5 Å². The molecule has 0 fully saturated rings. The second-order valence-electron chi connectivity index (χ2n) is 6.51. The lowest BCUT2D eigenvalue weighted by molar-refractivity contribution is -0.0499. The Morgan fingerprint density at radius 2 is 1.37 bits per heavy atom. The van der Waals surface area contributed by atoms with Gasteiger partial charge in [-0.15, -0.1) is 0 Å². The molecule has 0 aliphatic rings. The van der Waals surface area contributed by atoms with Gasteiger partial charge in [0.05, 0.1) is 12.7 Å². The summed E-state index contributed by atoms with van der Waals surface area (Å²) in [6.45, 7) is 0. The van der Waals surface area contributed by atoms with Crippen LogP contribution in [0.1, 0.15) is 0 Å². The number of fused-ring (bicyclic) bond motifs is 3. The predicted molar refractivity (Wildman–Crippen MR) is 109 cm³/mol. The van der Waals surface area contributed by atoms with Crippen molar-refractivity contribution >= 4 is 31.7 Å². The lowest BCUT2D eigenvalue weighted by Crippen LogP contribution is -2.28. The molecule has 0 heterocycles. The molecule has 0 saturated heterocycles. The van der Waals surface area contributed by atoms with E-state index in [1.54, 1.807) is 12.1 Å². The summed E-state index contributed by atoms with van der Waals surface area (Å²) < 4.78 is 72.1. The Morgan fingerprint density at radius 1 is 0.767 bits per heavy atom. The van der Waals surface area contributed by atoms with Gasteiger partial charge in [-0.2, -0.15) is 21.6 Å². The van der Waals surface area contributed by atoms with E-state index in [-0.39, 0.29) is 11.3 Å². The molecule has 4 nitrogen and oxygen atoms in total. The fourth-order valence-corrected chi connectivity index (χ4v) is 3.91. The zero-order chi connectivity index (χ0) is 21.5. The maximum Gasteiger partial charge on any atom is 0.534 e. The molecule has 0 amide bonds. The van der Waals surface area contributed by atoms with E-state index in [1.807, 2.05) is 42.5 Å². The van der Waals surface area contributed by atoms with E-state index < -0.39 is 21.4 Å². The molecular formula is C22H15F3O4S. The second kappa shape index (κ2) is 7.21. The summed E-state index contributed by atoms with van der Waals surface area (Å²) in [6, 6.07) is 20.7. The number of alkyl halides is 3. The molecule has 0 atom stereocenters. The number of rotatable bonds is 4. The number of ether oxygens (including phenoxy) is 1. The van der Waals surface area contributed by atoms with Gasteiger partial charge in [0.25, 0.3) is 0 Å². The Bertz CT molecular complexity index is 1360. The largest absolute Gasteiger partial charge is 0.534 e. The Kier molecular flexibility index (Phi) is 4.82. The van der Waals surface area contributed by atoms with Crippen molar-refractivity contribution in [1.29, 1.82) is 0 Å². The second-order valence-corrected chi connectivity index (χ2v) is 8.05. The van der Waals surface area contributed by atoms with E-state index in [4.69, 9.17) is 4.74 Å². The maximum atomic E-state index is 13.0. The van der Waals surface area contributed by atoms with Crippen LogP contribution < -0.4 is 8.92 Å². The summed E-state index contributed by atoms with van der Waals surface area (Å²) in [5.41, 5.74) is -4.94. The SMILES string of the molecule is COc1cccc(OS(=O)(=O)C(F)(F)F)c1-c1cc2ccccc2c2ccccc12. The maximum absolute atomic E-state index is 13.0. The predicted octanol–water partition coefficient (Wildman–Crippen LogP) is 5.90. The van der Waals surface area contributed by atoms with Crippen LogP contribution in [0, 0.1) is 0 Å². The zero-order valence-corrected chi connectivity index (χ0v) is 16.4. The topological polar surface area (TPSA) is 52.6 Å². The van der Waals surface area contributed by atoms with Crippen LogP contribution in [0.5, 0.6) is 11.5 Å². The van der Waals surface area contributed by atoms with Gasteiger partial charge in [-0.25, -0.2) is 0 Å². The Balaban J connectivity index is 2.07. The van der Waals surface area contributed by atoms with Crippen molar-refractivity contribution in [2.75, 3.05) is 7.11 Å². The summed E-state index contributed by atoms with van der Waals surface area (Å²) in [6.07, 6.45) is 0. The quantitative estimate of drug-likeness (QED) is 0.229. The molecule has 30 heavy (non-hydrogen) atoms. The molecule has 0 radical (unpaired) electrons. The first-order chi connectivity index (χ1) is 14.2. The third-order valence-electron chi connectivity index (χ3n) is 4.73. The minimum absolute atomic E-state index is 0.120. The van der Waals surface area contributed by atoms with Crippen molar-refractivity contribution in [3.05, 3.63) is 72.8 Å². The fourth-order valence-electron chi connectivity index (χ4n) is 3.44. The van der Waals surface area contributed by atoms with Crippen LogP contribution in [0.25, 0.3) is 32.7 Å². The van der Waals surface area contributed by atoms with Crippen LogP contribution in [0.3, 0.4) is 0 Å². The molecule has 0 spiro atoms. The smallest absolute Gasteiger partial charge is 0.496 e. The van der Waals surface area contributed by atoms with Crippen molar-refractivity contribution in [2.45, 2.75) is 5.51 Å². The summed E-state index contributed by atoms with van der Waals surface area (Å²) in [5, 5.41) is 3.37. The average Bonchev–Trinajstić information content (AvgIpc) is 2.72. The minimum Gasteiger partial charge on any atom is -0.496 e. The molecule has 4 aromatic carbocycles. The lowest BCUT2D eigenvalue weighted by Gasteiger charge is -2.18. The normalized spacial score (nSPS) is 12.3. The lowest BCUT2D eigenvalue weighted by atomic mass is 9.92. The number of halogens is 3. The highest BCUT2D eigenvalue weighted by atomic mass is 32.2. The summed E-state index contributed by atoms with van der Waals surface area (Å²) >= 11 is 0. The van der Waals surface area contributed by atoms with Crippen LogP contribution in [-0.4, -0.2) is 21.0 Å². The van der Waals surface area contributed by atoms with Crippen LogP contribution in [-0.2, 0) is 10.1 Å². The first kappa shape index (κ1) is 20.0. The molecule has 0 unspecified atom stereocenters. The molecule has 0 aliphatic carbocycles. The van der Waals surface area contributed by atoms with E-state index in [9.17, 15) is 21.6 Å². The van der Waals surface area contributed by atoms with E-state index >= 15 is 0 Å². The van der Waals surface area contributed by atoms with Crippen LogP contribution >= 0.6 is 0 Å². The Morgan fingerprint density at radius 3 is 2.03 bits per heavy atom. The van der Waals surface area contributed by atoms with Crippen LogP contribution in [0.2, 0.25) is 0 Å². The fraction of sp³-hybridized carbons (Fsp3) is 0.0909. The van der Waals surface area contributed by atoms with Gasteiger partial charge in [0.15, 0.2) is 5.75 Å². The Labute approximate surface area is 170 Å². The summed E-state index contributed by atoms with van der Waals surface area (Å²) in [7, 11) is -4.51. The van der Waals surface area contributed by atoms with Crippen LogP contribution in [0.4, 0.5) is 13.2 Å². The highest BCUT2D eigenvalue weighted by molar-refractivity contribution is 7.88. The van der Waals surface area contributed by atoms with E-state index in [1.165, 1.54) is 25.3 Å². The summed E-state index contributed by atoms with van der Waals surface area (Å²) in [4.78, 5) is 0. The molecular weight excluding hydrogens is 417 g/mol. The zero-order valence-electron chi connectivity index (χ0n) is 15.6. The monoisotopic (exact) mass is 432 g/mol. The van der Waals surface area contributed by atoms with Gasteiger partial charge in [-0.3, -0.25) is 0 Å².